The fraction of sp³-hybridized carbons (Fsp3) is 0.500. The van der Waals surface area contributed by atoms with Crippen LogP contribution in [0.1, 0.15) is 31.4 Å². The van der Waals surface area contributed by atoms with E-state index in [1.807, 2.05) is 6.08 Å². The van der Waals surface area contributed by atoms with Crippen LogP contribution in [0.2, 0.25) is 0 Å². The van der Waals surface area contributed by atoms with Crippen molar-refractivity contribution < 1.29 is 19.1 Å². The van der Waals surface area contributed by atoms with E-state index in [0.717, 1.165) is 30.6 Å². The van der Waals surface area contributed by atoms with Gasteiger partial charge in [0.15, 0.2) is 0 Å². The van der Waals surface area contributed by atoms with Crippen LogP contribution in [0.3, 0.4) is 0 Å². The summed E-state index contributed by atoms with van der Waals surface area (Å²) in [6.07, 6.45) is 8.19. The van der Waals surface area contributed by atoms with Crippen LogP contribution < -0.4 is 5.32 Å². The zero-order valence-corrected chi connectivity index (χ0v) is 16.3. The Balaban J connectivity index is 1.64. The van der Waals surface area contributed by atoms with Crippen molar-refractivity contribution in [3.63, 3.8) is 0 Å². The van der Waals surface area contributed by atoms with Crippen LogP contribution in [0.5, 0.6) is 0 Å². The van der Waals surface area contributed by atoms with E-state index in [4.69, 9.17) is 9.47 Å². The number of hydrogen-bond donors (Lipinski definition) is 1. The molecule has 1 aliphatic carbocycles. The Morgan fingerprint density at radius 1 is 1.36 bits per heavy atom. The van der Waals surface area contributed by atoms with Gasteiger partial charge < -0.3 is 19.7 Å². The number of rotatable bonds is 8. The molecular formula is C20H26N4O4. The molecule has 3 rings (SSSR count). The van der Waals surface area contributed by atoms with Gasteiger partial charge in [-0.25, -0.2) is 9.97 Å². The number of likely N-dealkylation sites (tertiary alicyclic amines) is 1. The Morgan fingerprint density at radius 2 is 2.21 bits per heavy atom. The van der Waals surface area contributed by atoms with Gasteiger partial charge in [-0.05, 0) is 12.8 Å². The number of carbonyl (C=O) groups is 2. The van der Waals surface area contributed by atoms with Gasteiger partial charge in [0.2, 0.25) is 11.8 Å². The molecule has 1 unspecified atom stereocenters. The lowest BCUT2D eigenvalue weighted by atomic mass is 10.0. The molecular weight excluding hydrogens is 360 g/mol. The number of nitrogens with one attached hydrogen (secondary N) is 1. The molecule has 2 heterocycles. The second-order valence-corrected chi connectivity index (χ2v) is 6.85. The van der Waals surface area contributed by atoms with E-state index in [2.05, 4.69) is 21.4 Å². The first-order valence-corrected chi connectivity index (χ1v) is 9.46. The van der Waals surface area contributed by atoms with Gasteiger partial charge in [-0.15, -0.1) is 0 Å². The largest absolute Gasteiger partial charge is 0.500 e. The summed E-state index contributed by atoms with van der Waals surface area (Å²) < 4.78 is 10.5. The highest BCUT2D eigenvalue weighted by atomic mass is 16.5. The smallest absolute Gasteiger partial charge is 0.230 e. The molecule has 1 aromatic rings. The molecule has 2 aliphatic rings. The number of ether oxygens (including phenoxy) is 2. The molecule has 1 aliphatic heterocycles. The van der Waals surface area contributed by atoms with Crippen LogP contribution in [0, 0.1) is 5.92 Å². The van der Waals surface area contributed by atoms with E-state index >= 15 is 0 Å². The van der Waals surface area contributed by atoms with E-state index in [1.54, 1.807) is 25.2 Å². The quantitative estimate of drug-likeness (QED) is 0.687. The molecule has 1 saturated heterocycles. The van der Waals surface area contributed by atoms with Gasteiger partial charge in [0.25, 0.3) is 0 Å². The van der Waals surface area contributed by atoms with Crippen molar-refractivity contribution in [3.8, 4) is 0 Å². The van der Waals surface area contributed by atoms with Crippen molar-refractivity contribution in [2.75, 3.05) is 39.2 Å². The minimum absolute atomic E-state index is 0.00173. The van der Waals surface area contributed by atoms with Crippen molar-refractivity contribution in [3.05, 3.63) is 36.0 Å². The Morgan fingerprint density at radius 3 is 3.00 bits per heavy atom. The molecule has 0 radical (unpaired) electrons. The van der Waals surface area contributed by atoms with E-state index in [-0.39, 0.29) is 24.2 Å². The van der Waals surface area contributed by atoms with Crippen LogP contribution in [0.25, 0.3) is 5.57 Å². The monoisotopic (exact) mass is 386 g/mol. The van der Waals surface area contributed by atoms with Gasteiger partial charge in [0, 0.05) is 51.3 Å². The highest BCUT2D eigenvalue weighted by Gasteiger charge is 2.34. The predicted molar refractivity (Wildman–Crippen MR) is 104 cm³/mol. The van der Waals surface area contributed by atoms with Crippen molar-refractivity contribution in [2.45, 2.75) is 25.7 Å². The zero-order valence-electron chi connectivity index (χ0n) is 16.3. The molecule has 0 aromatic carbocycles. The number of aromatic nitrogens is 2. The molecule has 150 valence electrons. The summed E-state index contributed by atoms with van der Waals surface area (Å²) in [5.74, 6) is 0.708. The first-order chi connectivity index (χ1) is 13.6. The normalized spacial score (nSPS) is 19.3. The SMILES string of the molecule is COCCCN1CC(C(=O)Nc2cc(C3=C(OC)CCC=C3)ncn2)CC1=O. The van der Waals surface area contributed by atoms with Crippen molar-refractivity contribution in [2.24, 2.45) is 5.92 Å². The van der Waals surface area contributed by atoms with E-state index in [9.17, 15) is 9.59 Å². The molecule has 1 aromatic heterocycles. The molecule has 0 spiro atoms. The fourth-order valence-electron chi connectivity index (χ4n) is 3.45. The third kappa shape index (κ3) is 4.75. The van der Waals surface area contributed by atoms with Crippen molar-refractivity contribution >= 4 is 23.2 Å². The maximum Gasteiger partial charge on any atom is 0.230 e. The molecule has 8 heteroatoms. The summed E-state index contributed by atoms with van der Waals surface area (Å²) in [6, 6.07) is 1.73. The number of carbonyl (C=O) groups excluding carboxylic acids is 2. The summed E-state index contributed by atoms with van der Waals surface area (Å²) in [5, 5.41) is 2.82. The minimum Gasteiger partial charge on any atom is -0.500 e. The number of nitrogens with zero attached hydrogens (tertiary/aromatic N) is 3. The van der Waals surface area contributed by atoms with Gasteiger partial charge in [0.1, 0.15) is 17.9 Å². The summed E-state index contributed by atoms with van der Waals surface area (Å²) in [4.78, 5) is 34.9. The summed E-state index contributed by atoms with van der Waals surface area (Å²) >= 11 is 0. The molecule has 1 fully saturated rings. The number of methoxy groups -OCH3 is 2. The van der Waals surface area contributed by atoms with Gasteiger partial charge in [-0.2, -0.15) is 0 Å². The Hall–Kier alpha value is -2.74. The first kappa shape index (κ1) is 20.0. The summed E-state index contributed by atoms with van der Waals surface area (Å²) in [6.45, 7) is 1.63. The van der Waals surface area contributed by atoms with Gasteiger partial charge in [-0.1, -0.05) is 12.2 Å². The average molecular weight is 386 g/mol. The molecule has 2 amide bonds. The number of allylic oxidation sites excluding steroid dienone is 4. The summed E-state index contributed by atoms with van der Waals surface area (Å²) in [5.41, 5.74) is 1.59. The third-order valence-electron chi connectivity index (χ3n) is 4.93. The van der Waals surface area contributed by atoms with Crippen LogP contribution in [0.15, 0.2) is 30.3 Å². The maximum atomic E-state index is 12.6. The number of amides is 2. The standard InChI is InChI=1S/C20H26N4O4/c1-27-9-5-8-24-12-14(10-19(24)25)20(26)23-18-11-16(21-13-22-18)15-6-3-4-7-17(15)28-2/h3,6,11,13-14H,4-5,7-10,12H2,1-2H3,(H,21,22,23,26). The predicted octanol–water partition coefficient (Wildman–Crippen LogP) is 2.01. The summed E-state index contributed by atoms with van der Waals surface area (Å²) in [7, 11) is 3.28. The lowest BCUT2D eigenvalue weighted by Crippen LogP contribution is -2.29. The molecule has 0 saturated carbocycles. The van der Waals surface area contributed by atoms with Gasteiger partial charge in [-0.3, -0.25) is 9.59 Å². The van der Waals surface area contributed by atoms with Crippen LogP contribution in [-0.4, -0.2) is 60.6 Å². The molecule has 28 heavy (non-hydrogen) atoms. The van der Waals surface area contributed by atoms with Crippen LogP contribution in [0.4, 0.5) is 5.82 Å². The first-order valence-electron chi connectivity index (χ1n) is 9.46. The third-order valence-corrected chi connectivity index (χ3v) is 4.93. The van der Waals surface area contributed by atoms with E-state index < -0.39 is 0 Å². The van der Waals surface area contributed by atoms with Gasteiger partial charge >= 0.3 is 0 Å². The topological polar surface area (TPSA) is 93.7 Å². The Kier molecular flexibility index (Phi) is 6.76. The highest BCUT2D eigenvalue weighted by Crippen LogP contribution is 2.27. The Bertz CT molecular complexity index is 790. The van der Waals surface area contributed by atoms with Crippen LogP contribution in [-0.2, 0) is 19.1 Å². The number of hydrogen-bond acceptors (Lipinski definition) is 6. The van der Waals surface area contributed by atoms with E-state index in [0.29, 0.717) is 31.2 Å². The fourth-order valence-corrected chi connectivity index (χ4v) is 3.45. The maximum absolute atomic E-state index is 12.6. The Labute approximate surface area is 164 Å². The highest BCUT2D eigenvalue weighted by molar-refractivity contribution is 5.96. The minimum atomic E-state index is -0.378. The second-order valence-electron chi connectivity index (χ2n) is 6.85. The lowest BCUT2D eigenvalue weighted by Gasteiger charge is -2.16. The average Bonchev–Trinajstić information content (AvgIpc) is 3.09. The second kappa shape index (κ2) is 9.45. The van der Waals surface area contributed by atoms with Crippen LogP contribution >= 0.6 is 0 Å². The molecule has 8 nitrogen and oxygen atoms in total. The number of anilines is 1. The molecule has 1 N–H and O–H groups in total. The van der Waals surface area contributed by atoms with Crippen molar-refractivity contribution in [1.29, 1.82) is 0 Å². The zero-order chi connectivity index (χ0) is 19.9. The van der Waals surface area contributed by atoms with E-state index in [1.165, 1.54) is 6.33 Å². The van der Waals surface area contributed by atoms with Crippen molar-refractivity contribution in [1.82, 2.24) is 14.9 Å². The molecule has 1 atom stereocenters. The lowest BCUT2D eigenvalue weighted by molar-refractivity contribution is -0.128. The molecule has 0 bridgehead atoms. The van der Waals surface area contributed by atoms with Gasteiger partial charge in [0.05, 0.1) is 18.7 Å².